The van der Waals surface area contributed by atoms with Gasteiger partial charge in [0, 0.05) is 17.1 Å². The summed E-state index contributed by atoms with van der Waals surface area (Å²) in [6.07, 6.45) is 2.07. The molecule has 2 heterocycles. The molecule has 0 saturated carbocycles. The lowest BCUT2D eigenvalue weighted by atomic mass is 10.1. The number of rotatable bonds is 8. The molecule has 0 atom stereocenters. The molecule has 150 valence electrons. The van der Waals surface area contributed by atoms with E-state index in [2.05, 4.69) is 5.32 Å². The summed E-state index contributed by atoms with van der Waals surface area (Å²) in [5.74, 6) is -1.80. The van der Waals surface area contributed by atoms with Crippen LogP contribution in [-0.2, 0) is 32.0 Å². The van der Waals surface area contributed by atoms with Gasteiger partial charge >= 0.3 is 11.9 Å². The van der Waals surface area contributed by atoms with E-state index < -0.39 is 24.5 Å². The molecule has 0 radical (unpaired) electrons. The smallest absolute Gasteiger partial charge is 0.341 e. The largest absolute Gasteiger partial charge is 0.462 e. The second-order valence-electron chi connectivity index (χ2n) is 5.79. The normalized spacial score (nSPS) is 10.4. The molecule has 28 heavy (non-hydrogen) atoms. The highest BCUT2D eigenvalue weighted by atomic mass is 32.1. The van der Waals surface area contributed by atoms with Gasteiger partial charge in [-0.3, -0.25) is 14.4 Å². The van der Waals surface area contributed by atoms with E-state index in [4.69, 9.17) is 9.47 Å². The molecule has 0 spiro atoms. The van der Waals surface area contributed by atoms with Crippen molar-refractivity contribution < 1.29 is 23.9 Å². The van der Waals surface area contributed by atoms with Crippen LogP contribution in [0.5, 0.6) is 0 Å². The number of hydrogen-bond acceptors (Lipinski definition) is 7. The number of aromatic nitrogens is 1. The lowest BCUT2D eigenvalue weighted by molar-refractivity contribution is -0.147. The van der Waals surface area contributed by atoms with E-state index in [1.165, 1.54) is 28.2 Å². The van der Waals surface area contributed by atoms with Gasteiger partial charge in [-0.1, -0.05) is 13.0 Å². The zero-order valence-corrected chi connectivity index (χ0v) is 16.8. The van der Waals surface area contributed by atoms with Crippen LogP contribution in [0.15, 0.2) is 29.2 Å². The van der Waals surface area contributed by atoms with Crippen molar-refractivity contribution >= 4 is 34.2 Å². The molecule has 0 aliphatic heterocycles. The number of anilines is 1. The van der Waals surface area contributed by atoms with Crippen molar-refractivity contribution in [2.45, 2.75) is 33.7 Å². The highest BCUT2D eigenvalue weighted by molar-refractivity contribution is 7.16. The fourth-order valence-corrected chi connectivity index (χ4v) is 3.75. The van der Waals surface area contributed by atoms with E-state index in [0.29, 0.717) is 17.0 Å². The molecule has 1 N–H and O–H groups in total. The molecule has 0 bridgehead atoms. The van der Waals surface area contributed by atoms with Crippen LogP contribution in [0, 0.1) is 6.92 Å². The van der Waals surface area contributed by atoms with Crippen molar-refractivity contribution in [2.24, 2.45) is 0 Å². The third kappa shape index (κ3) is 5.29. The Balaban J connectivity index is 2.01. The summed E-state index contributed by atoms with van der Waals surface area (Å²) in [5.41, 5.74) is 0.811. The van der Waals surface area contributed by atoms with Crippen molar-refractivity contribution in [1.82, 2.24) is 4.57 Å². The molecular weight excluding hydrogens is 384 g/mol. The van der Waals surface area contributed by atoms with Crippen molar-refractivity contribution in [3.63, 3.8) is 0 Å². The Labute approximate surface area is 166 Å². The number of hydrogen-bond donors (Lipinski definition) is 1. The van der Waals surface area contributed by atoms with E-state index in [1.807, 2.05) is 13.8 Å². The third-order valence-electron chi connectivity index (χ3n) is 3.86. The summed E-state index contributed by atoms with van der Waals surface area (Å²) >= 11 is 1.27. The Hall–Kier alpha value is -2.94. The minimum absolute atomic E-state index is 0.223. The van der Waals surface area contributed by atoms with Crippen LogP contribution in [0.1, 0.15) is 34.6 Å². The van der Waals surface area contributed by atoms with E-state index in [1.54, 1.807) is 19.1 Å². The summed E-state index contributed by atoms with van der Waals surface area (Å²) in [6, 6.07) is 4.50. The fraction of sp³-hybridized carbons (Fsp3) is 0.368. The number of ether oxygens (including phenoxy) is 2. The number of amides is 1. The Kier molecular flexibility index (Phi) is 7.51. The van der Waals surface area contributed by atoms with Crippen molar-refractivity contribution in [3.05, 3.63) is 50.8 Å². The first kappa shape index (κ1) is 21.4. The highest BCUT2D eigenvalue weighted by Gasteiger charge is 2.23. The van der Waals surface area contributed by atoms with Gasteiger partial charge in [-0.25, -0.2) is 4.79 Å². The van der Waals surface area contributed by atoms with Gasteiger partial charge < -0.3 is 19.4 Å². The van der Waals surface area contributed by atoms with Crippen LogP contribution in [0.2, 0.25) is 0 Å². The molecule has 0 unspecified atom stereocenters. The Morgan fingerprint density at radius 2 is 1.93 bits per heavy atom. The van der Waals surface area contributed by atoms with Crippen molar-refractivity contribution in [2.75, 3.05) is 18.5 Å². The maximum Gasteiger partial charge on any atom is 0.341 e. The van der Waals surface area contributed by atoms with Gasteiger partial charge in [0.15, 0.2) is 6.61 Å². The minimum atomic E-state index is -0.717. The zero-order chi connectivity index (χ0) is 20.7. The molecule has 2 rings (SSSR count). The van der Waals surface area contributed by atoms with Crippen molar-refractivity contribution in [3.8, 4) is 0 Å². The Bertz CT molecular complexity index is 931. The third-order valence-corrected chi connectivity index (χ3v) is 4.92. The van der Waals surface area contributed by atoms with Gasteiger partial charge in [0.25, 0.3) is 11.5 Å². The molecule has 0 fully saturated rings. The molecule has 1 amide bonds. The first-order chi connectivity index (χ1) is 13.4. The maximum absolute atomic E-state index is 12.3. The van der Waals surface area contributed by atoms with E-state index in [0.717, 1.165) is 10.4 Å². The zero-order valence-electron chi connectivity index (χ0n) is 15.9. The summed E-state index contributed by atoms with van der Waals surface area (Å²) in [4.78, 5) is 48.8. The summed E-state index contributed by atoms with van der Waals surface area (Å²) in [6.45, 7) is 4.88. The number of carbonyl (C=O) groups is 3. The van der Waals surface area contributed by atoms with Crippen LogP contribution in [0.4, 0.5) is 5.00 Å². The molecular formula is C19H22N2O6S. The molecule has 2 aromatic heterocycles. The lowest BCUT2D eigenvalue weighted by Gasteiger charge is -2.09. The summed E-state index contributed by atoms with van der Waals surface area (Å²) in [7, 11) is 0. The van der Waals surface area contributed by atoms with E-state index in [9.17, 15) is 19.2 Å². The standard InChI is InChI=1S/C19H22N2O6S/c1-4-13-12(3)28-18(17(13)19(25)26-5-2)20-14(22)11-27-16(24)10-21-9-7-6-8-15(21)23/h6-9H,4-5,10-11H2,1-3H3,(H,20,22). The molecule has 0 aromatic carbocycles. The maximum atomic E-state index is 12.3. The van der Waals surface area contributed by atoms with Crippen LogP contribution in [-0.4, -0.2) is 35.6 Å². The van der Waals surface area contributed by atoms with Gasteiger partial charge in [0.2, 0.25) is 0 Å². The number of nitrogens with zero attached hydrogens (tertiary/aromatic N) is 1. The number of nitrogens with one attached hydrogen (secondary N) is 1. The van der Waals surface area contributed by atoms with Crippen LogP contribution >= 0.6 is 11.3 Å². The molecule has 0 saturated heterocycles. The number of thiophene rings is 1. The average molecular weight is 406 g/mol. The molecule has 0 aliphatic carbocycles. The molecule has 0 aliphatic rings. The number of pyridine rings is 1. The molecule has 8 nitrogen and oxygen atoms in total. The SMILES string of the molecule is CCOC(=O)c1c(NC(=O)COC(=O)Cn2ccccc2=O)sc(C)c1CC. The summed E-state index contributed by atoms with van der Waals surface area (Å²) in [5, 5.41) is 2.98. The quantitative estimate of drug-likeness (QED) is 0.674. The second kappa shape index (κ2) is 9.84. The predicted molar refractivity (Wildman–Crippen MR) is 105 cm³/mol. The fourth-order valence-electron chi connectivity index (χ4n) is 2.60. The average Bonchev–Trinajstić information content (AvgIpc) is 2.97. The number of carbonyl (C=O) groups excluding carboxylic acids is 3. The van der Waals surface area contributed by atoms with Crippen LogP contribution in [0.3, 0.4) is 0 Å². The van der Waals surface area contributed by atoms with Gasteiger partial charge in [-0.05, 0) is 31.9 Å². The Morgan fingerprint density at radius 1 is 1.18 bits per heavy atom. The topological polar surface area (TPSA) is 104 Å². The van der Waals surface area contributed by atoms with Crippen LogP contribution in [0.25, 0.3) is 0 Å². The summed E-state index contributed by atoms with van der Waals surface area (Å²) < 4.78 is 11.2. The Morgan fingerprint density at radius 3 is 2.57 bits per heavy atom. The highest BCUT2D eigenvalue weighted by Crippen LogP contribution is 2.34. The second-order valence-corrected chi connectivity index (χ2v) is 7.02. The monoisotopic (exact) mass is 406 g/mol. The van der Waals surface area contributed by atoms with Gasteiger partial charge in [0.05, 0.1) is 12.2 Å². The van der Waals surface area contributed by atoms with Gasteiger partial charge in [-0.15, -0.1) is 11.3 Å². The van der Waals surface area contributed by atoms with E-state index in [-0.39, 0.29) is 18.7 Å². The van der Waals surface area contributed by atoms with Gasteiger partial charge in [-0.2, -0.15) is 0 Å². The minimum Gasteiger partial charge on any atom is -0.462 e. The van der Waals surface area contributed by atoms with E-state index >= 15 is 0 Å². The van der Waals surface area contributed by atoms with Crippen molar-refractivity contribution in [1.29, 1.82) is 0 Å². The number of esters is 2. The first-order valence-corrected chi connectivity index (χ1v) is 9.59. The predicted octanol–water partition coefficient (Wildman–Crippen LogP) is 2.14. The van der Waals surface area contributed by atoms with Crippen LogP contribution < -0.4 is 10.9 Å². The number of aryl methyl sites for hydroxylation is 1. The molecule has 2 aromatic rings. The molecule has 9 heteroatoms. The first-order valence-electron chi connectivity index (χ1n) is 8.77. The lowest BCUT2D eigenvalue weighted by Crippen LogP contribution is -2.27. The van der Waals surface area contributed by atoms with Gasteiger partial charge in [0.1, 0.15) is 11.5 Å².